The molecule has 2 amide bonds. The van der Waals surface area contributed by atoms with Crippen LogP contribution in [0, 0.1) is 20.8 Å². The van der Waals surface area contributed by atoms with Crippen molar-refractivity contribution in [1.82, 2.24) is 10.6 Å². The van der Waals surface area contributed by atoms with Gasteiger partial charge in [0.05, 0.1) is 12.3 Å². The fourth-order valence-corrected chi connectivity index (χ4v) is 3.43. The average molecular weight is 417 g/mol. The molecule has 2 aromatic carbocycles. The lowest BCUT2D eigenvalue weighted by Crippen LogP contribution is -2.37. The minimum absolute atomic E-state index is 0.128. The summed E-state index contributed by atoms with van der Waals surface area (Å²) in [6, 6.07) is 16.6. The topological polar surface area (TPSA) is 71.3 Å². The molecular formula is C26H28N2O3. The standard InChI is InChI=1S/C26H28N2O3/c1-5-23(22-13-10-18(3)15-19(22)4)27-26(30)24(16-21-7-6-14-31-21)28-25(29)20-11-8-17(2)9-12-20/h6-16,23H,5H2,1-4H3,(H,27,30)(H,28,29)/b24-16-/t23-/m1/s1. The SMILES string of the molecule is CC[C@@H](NC(=O)/C(=C/c1ccco1)NC(=O)c1ccc(C)cc1)c1ccc(C)cc1C. The van der Waals surface area contributed by atoms with Crippen LogP contribution in [0.5, 0.6) is 0 Å². The zero-order valence-electron chi connectivity index (χ0n) is 18.4. The van der Waals surface area contributed by atoms with Gasteiger partial charge < -0.3 is 15.1 Å². The highest BCUT2D eigenvalue weighted by molar-refractivity contribution is 6.05. The number of carbonyl (C=O) groups excluding carboxylic acids is 2. The van der Waals surface area contributed by atoms with Crippen molar-refractivity contribution in [3.63, 3.8) is 0 Å². The van der Waals surface area contributed by atoms with E-state index in [1.165, 1.54) is 17.9 Å². The number of benzene rings is 2. The van der Waals surface area contributed by atoms with Crippen molar-refractivity contribution in [3.05, 3.63) is 100 Å². The highest BCUT2D eigenvalue weighted by Gasteiger charge is 2.20. The third-order valence-corrected chi connectivity index (χ3v) is 5.15. The van der Waals surface area contributed by atoms with Crippen LogP contribution in [-0.2, 0) is 4.79 Å². The molecule has 1 atom stereocenters. The molecule has 160 valence electrons. The lowest BCUT2D eigenvalue weighted by atomic mass is 9.97. The van der Waals surface area contributed by atoms with Crippen LogP contribution in [0.1, 0.15) is 57.8 Å². The second kappa shape index (κ2) is 9.94. The van der Waals surface area contributed by atoms with E-state index in [1.54, 1.807) is 24.3 Å². The number of nitrogens with one attached hydrogen (secondary N) is 2. The molecule has 0 bridgehead atoms. The van der Waals surface area contributed by atoms with Crippen LogP contribution in [0.4, 0.5) is 0 Å². The minimum atomic E-state index is -0.372. The first-order valence-electron chi connectivity index (χ1n) is 10.4. The van der Waals surface area contributed by atoms with Crippen molar-refractivity contribution in [2.75, 3.05) is 0 Å². The molecule has 0 radical (unpaired) electrons. The van der Waals surface area contributed by atoms with Crippen LogP contribution in [0.25, 0.3) is 6.08 Å². The second-order valence-corrected chi connectivity index (χ2v) is 7.69. The molecule has 3 rings (SSSR count). The Balaban J connectivity index is 1.85. The van der Waals surface area contributed by atoms with Gasteiger partial charge in [-0.3, -0.25) is 9.59 Å². The van der Waals surface area contributed by atoms with Crippen molar-refractivity contribution in [1.29, 1.82) is 0 Å². The van der Waals surface area contributed by atoms with Crippen LogP contribution in [0.3, 0.4) is 0 Å². The Bertz CT molecular complexity index is 1080. The van der Waals surface area contributed by atoms with Gasteiger partial charge in [0.15, 0.2) is 0 Å². The van der Waals surface area contributed by atoms with E-state index in [2.05, 4.69) is 16.7 Å². The van der Waals surface area contributed by atoms with Crippen LogP contribution < -0.4 is 10.6 Å². The zero-order valence-corrected chi connectivity index (χ0v) is 18.4. The maximum Gasteiger partial charge on any atom is 0.268 e. The first-order valence-corrected chi connectivity index (χ1v) is 10.4. The van der Waals surface area contributed by atoms with Crippen molar-refractivity contribution in [3.8, 4) is 0 Å². The quantitative estimate of drug-likeness (QED) is 0.517. The molecule has 3 aromatic rings. The summed E-state index contributed by atoms with van der Waals surface area (Å²) in [6.45, 7) is 8.05. The molecule has 0 aliphatic heterocycles. The molecule has 0 fully saturated rings. The fraction of sp³-hybridized carbons (Fsp3) is 0.231. The molecule has 0 aliphatic carbocycles. The fourth-order valence-electron chi connectivity index (χ4n) is 3.43. The third kappa shape index (κ3) is 5.72. The Labute approximate surface area is 183 Å². The Hall–Kier alpha value is -3.60. The maximum atomic E-state index is 13.2. The van der Waals surface area contributed by atoms with Crippen LogP contribution in [0.2, 0.25) is 0 Å². The van der Waals surface area contributed by atoms with Gasteiger partial charge in [0.2, 0.25) is 0 Å². The molecule has 0 aliphatic rings. The van der Waals surface area contributed by atoms with Gasteiger partial charge >= 0.3 is 0 Å². The highest BCUT2D eigenvalue weighted by atomic mass is 16.3. The van der Waals surface area contributed by atoms with E-state index in [1.807, 2.05) is 52.0 Å². The summed E-state index contributed by atoms with van der Waals surface area (Å²) >= 11 is 0. The summed E-state index contributed by atoms with van der Waals surface area (Å²) in [5, 5.41) is 5.80. The van der Waals surface area contributed by atoms with Crippen LogP contribution >= 0.6 is 0 Å². The van der Waals surface area contributed by atoms with Crippen molar-refractivity contribution in [2.24, 2.45) is 0 Å². The van der Waals surface area contributed by atoms with E-state index >= 15 is 0 Å². The minimum Gasteiger partial charge on any atom is -0.465 e. The first-order chi connectivity index (χ1) is 14.9. The van der Waals surface area contributed by atoms with Gasteiger partial charge in [-0.05, 0) is 62.6 Å². The van der Waals surface area contributed by atoms with Crippen molar-refractivity contribution >= 4 is 17.9 Å². The Morgan fingerprint density at radius 2 is 1.71 bits per heavy atom. The summed E-state index contributed by atoms with van der Waals surface area (Å²) in [5.41, 5.74) is 5.01. The monoisotopic (exact) mass is 416 g/mol. The maximum absolute atomic E-state index is 13.2. The van der Waals surface area contributed by atoms with E-state index in [4.69, 9.17) is 4.42 Å². The van der Waals surface area contributed by atoms with Gasteiger partial charge in [-0.25, -0.2) is 0 Å². The lowest BCUT2D eigenvalue weighted by molar-refractivity contribution is -0.118. The largest absolute Gasteiger partial charge is 0.465 e. The lowest BCUT2D eigenvalue weighted by Gasteiger charge is -2.21. The van der Waals surface area contributed by atoms with E-state index in [9.17, 15) is 9.59 Å². The molecule has 0 saturated heterocycles. The van der Waals surface area contributed by atoms with Gasteiger partial charge in [0.1, 0.15) is 11.5 Å². The Kier molecular flexibility index (Phi) is 7.08. The third-order valence-electron chi connectivity index (χ3n) is 5.15. The zero-order chi connectivity index (χ0) is 22.4. The van der Waals surface area contributed by atoms with Gasteiger partial charge in [0, 0.05) is 11.6 Å². The van der Waals surface area contributed by atoms with Crippen molar-refractivity contribution < 1.29 is 14.0 Å². The predicted molar refractivity (Wildman–Crippen MR) is 122 cm³/mol. The summed E-state index contributed by atoms with van der Waals surface area (Å²) in [4.78, 5) is 25.9. The van der Waals surface area contributed by atoms with Crippen molar-refractivity contribution in [2.45, 2.75) is 40.2 Å². The molecule has 0 saturated carbocycles. The second-order valence-electron chi connectivity index (χ2n) is 7.69. The van der Waals surface area contributed by atoms with Crippen LogP contribution in [-0.4, -0.2) is 11.8 Å². The van der Waals surface area contributed by atoms with E-state index in [0.717, 1.165) is 23.1 Å². The van der Waals surface area contributed by atoms with Gasteiger partial charge in [-0.2, -0.15) is 0 Å². The Morgan fingerprint density at radius 1 is 1.00 bits per heavy atom. The number of furan rings is 1. The Morgan fingerprint density at radius 3 is 2.32 bits per heavy atom. The van der Waals surface area contributed by atoms with E-state index in [0.29, 0.717) is 11.3 Å². The normalized spacial score (nSPS) is 12.3. The summed E-state index contributed by atoms with van der Waals surface area (Å²) < 4.78 is 5.36. The van der Waals surface area contributed by atoms with Gasteiger partial charge in [-0.15, -0.1) is 0 Å². The highest BCUT2D eigenvalue weighted by Crippen LogP contribution is 2.22. The van der Waals surface area contributed by atoms with Gasteiger partial charge in [-0.1, -0.05) is 48.4 Å². The summed E-state index contributed by atoms with van der Waals surface area (Å²) in [7, 11) is 0. The molecule has 2 N–H and O–H groups in total. The van der Waals surface area contributed by atoms with E-state index in [-0.39, 0.29) is 23.6 Å². The molecule has 0 spiro atoms. The summed E-state index contributed by atoms with van der Waals surface area (Å²) in [5.74, 6) is -0.245. The number of hydrogen-bond acceptors (Lipinski definition) is 3. The molecule has 0 unspecified atom stereocenters. The predicted octanol–water partition coefficient (Wildman–Crippen LogP) is 5.24. The van der Waals surface area contributed by atoms with Crippen LogP contribution in [0.15, 0.2) is 71.0 Å². The number of amides is 2. The number of rotatable bonds is 7. The van der Waals surface area contributed by atoms with E-state index < -0.39 is 0 Å². The number of aryl methyl sites for hydroxylation is 3. The first kappa shape index (κ1) is 22.1. The average Bonchev–Trinajstić information content (AvgIpc) is 3.25. The molecule has 5 nitrogen and oxygen atoms in total. The molecule has 5 heteroatoms. The number of carbonyl (C=O) groups is 2. The summed E-state index contributed by atoms with van der Waals surface area (Å²) in [6.07, 6.45) is 3.78. The smallest absolute Gasteiger partial charge is 0.268 e. The number of hydrogen-bond donors (Lipinski definition) is 2. The molecule has 31 heavy (non-hydrogen) atoms. The molecule has 1 aromatic heterocycles. The molecular weight excluding hydrogens is 388 g/mol. The molecule has 1 heterocycles. The van der Waals surface area contributed by atoms with Gasteiger partial charge in [0.25, 0.3) is 11.8 Å².